The second kappa shape index (κ2) is 11.1. The summed E-state index contributed by atoms with van der Waals surface area (Å²) in [7, 11) is 1.44. The van der Waals surface area contributed by atoms with Crippen molar-refractivity contribution in [3.63, 3.8) is 0 Å². The lowest BCUT2D eigenvalue weighted by Gasteiger charge is -2.17. The SMILES string of the molecule is CNC(=O)c1ccccc1Nc1cc(Nc2ncccn2)ncc1C(F)(F)F.O=C(O)C(F)(F)F. The number of pyridine rings is 1. The molecule has 0 aliphatic rings. The quantitative estimate of drug-likeness (QED) is 0.379. The van der Waals surface area contributed by atoms with Gasteiger partial charge in [-0.15, -0.1) is 0 Å². The Morgan fingerprint density at radius 1 is 0.886 bits per heavy atom. The maximum absolute atomic E-state index is 13.4. The second-order valence-electron chi connectivity index (χ2n) is 6.36. The molecular formula is C20H16F6N6O3. The van der Waals surface area contributed by atoms with Crippen LogP contribution in [0.3, 0.4) is 0 Å². The number of nitrogens with one attached hydrogen (secondary N) is 3. The number of para-hydroxylation sites is 1. The van der Waals surface area contributed by atoms with Crippen LogP contribution in [0.2, 0.25) is 0 Å². The summed E-state index contributed by atoms with van der Waals surface area (Å²) in [5, 5.41) is 15.0. The zero-order valence-electron chi connectivity index (χ0n) is 17.6. The van der Waals surface area contributed by atoms with E-state index in [-0.39, 0.29) is 28.7 Å². The average Bonchev–Trinajstić information content (AvgIpc) is 2.79. The van der Waals surface area contributed by atoms with Crippen LogP contribution in [0.4, 0.5) is 49.5 Å². The van der Waals surface area contributed by atoms with Crippen molar-refractivity contribution in [2.24, 2.45) is 0 Å². The van der Waals surface area contributed by atoms with E-state index in [1.807, 2.05) is 0 Å². The van der Waals surface area contributed by atoms with Crippen LogP contribution in [-0.2, 0) is 11.0 Å². The molecule has 15 heteroatoms. The van der Waals surface area contributed by atoms with E-state index in [1.165, 1.54) is 37.6 Å². The molecule has 4 N–H and O–H groups in total. The van der Waals surface area contributed by atoms with Crippen LogP contribution in [0.1, 0.15) is 15.9 Å². The molecule has 0 spiro atoms. The molecule has 0 saturated carbocycles. The summed E-state index contributed by atoms with van der Waals surface area (Å²) in [6.07, 6.45) is -6.05. The molecule has 0 aliphatic heterocycles. The number of rotatable bonds is 5. The number of hydrogen-bond acceptors (Lipinski definition) is 7. The normalized spacial score (nSPS) is 11.1. The van der Waals surface area contributed by atoms with Crippen molar-refractivity contribution in [2.45, 2.75) is 12.4 Å². The number of benzene rings is 1. The van der Waals surface area contributed by atoms with E-state index in [0.29, 0.717) is 6.20 Å². The summed E-state index contributed by atoms with van der Waals surface area (Å²) >= 11 is 0. The van der Waals surface area contributed by atoms with Gasteiger partial charge in [0.25, 0.3) is 5.91 Å². The summed E-state index contributed by atoms with van der Waals surface area (Å²) in [6.45, 7) is 0. The fraction of sp³-hybridized carbons (Fsp3) is 0.150. The summed E-state index contributed by atoms with van der Waals surface area (Å²) in [4.78, 5) is 32.6. The Bertz CT molecular complexity index is 1170. The van der Waals surface area contributed by atoms with Gasteiger partial charge >= 0.3 is 18.3 Å². The topological polar surface area (TPSA) is 129 Å². The molecule has 0 unspecified atom stereocenters. The fourth-order valence-corrected chi connectivity index (χ4v) is 2.40. The van der Waals surface area contributed by atoms with E-state index in [2.05, 4.69) is 30.9 Å². The van der Waals surface area contributed by atoms with Crippen LogP contribution in [0.5, 0.6) is 0 Å². The molecule has 0 aliphatic carbocycles. The third-order valence-electron chi connectivity index (χ3n) is 3.93. The van der Waals surface area contributed by atoms with Crippen molar-refractivity contribution in [2.75, 3.05) is 17.7 Å². The molecular weight excluding hydrogens is 486 g/mol. The summed E-state index contributed by atoms with van der Waals surface area (Å²) in [5.41, 5.74) is -0.813. The van der Waals surface area contributed by atoms with Crippen molar-refractivity contribution < 1.29 is 41.0 Å². The van der Waals surface area contributed by atoms with Crippen LogP contribution in [-0.4, -0.2) is 45.2 Å². The Kier molecular flexibility index (Phi) is 8.53. The average molecular weight is 502 g/mol. The van der Waals surface area contributed by atoms with Gasteiger partial charge in [-0.3, -0.25) is 4.79 Å². The van der Waals surface area contributed by atoms with Gasteiger partial charge in [0.15, 0.2) is 0 Å². The maximum Gasteiger partial charge on any atom is 0.490 e. The van der Waals surface area contributed by atoms with Crippen LogP contribution >= 0.6 is 0 Å². The predicted octanol–water partition coefficient (Wildman–Crippen LogP) is 4.37. The van der Waals surface area contributed by atoms with E-state index in [1.54, 1.807) is 18.2 Å². The van der Waals surface area contributed by atoms with Gasteiger partial charge in [-0.2, -0.15) is 26.3 Å². The standard InChI is InChI=1S/C18H15F3N6O.C2HF3O2/c1-22-16(28)11-5-2-3-6-13(11)26-14-9-15(25-10-12(14)18(19,20)21)27-17-23-7-4-8-24-17;3-2(4,5)1(6)7/h2-10H,1H3,(H,22,28)(H2,23,24,25,26,27);(H,6,7). The van der Waals surface area contributed by atoms with E-state index in [0.717, 1.165) is 0 Å². The number of aromatic nitrogens is 3. The molecule has 186 valence electrons. The first kappa shape index (κ1) is 26.8. The molecule has 35 heavy (non-hydrogen) atoms. The third-order valence-corrected chi connectivity index (χ3v) is 3.93. The number of halogens is 6. The smallest absolute Gasteiger partial charge is 0.475 e. The van der Waals surface area contributed by atoms with Crippen molar-refractivity contribution >= 4 is 35.0 Å². The van der Waals surface area contributed by atoms with Gasteiger partial charge < -0.3 is 21.1 Å². The molecule has 0 fully saturated rings. The van der Waals surface area contributed by atoms with Gasteiger partial charge in [0.05, 0.1) is 22.5 Å². The highest BCUT2D eigenvalue weighted by atomic mass is 19.4. The summed E-state index contributed by atoms with van der Waals surface area (Å²) in [5.74, 6) is -2.89. The number of carboxylic acids is 1. The highest BCUT2D eigenvalue weighted by Gasteiger charge is 2.38. The minimum Gasteiger partial charge on any atom is -0.475 e. The van der Waals surface area contributed by atoms with Gasteiger partial charge in [-0.05, 0) is 18.2 Å². The number of carbonyl (C=O) groups excluding carboxylic acids is 1. The minimum atomic E-state index is -5.08. The van der Waals surface area contributed by atoms with Crippen molar-refractivity contribution in [1.29, 1.82) is 0 Å². The van der Waals surface area contributed by atoms with Crippen LogP contribution in [0.15, 0.2) is 55.0 Å². The molecule has 0 radical (unpaired) electrons. The van der Waals surface area contributed by atoms with E-state index in [4.69, 9.17) is 9.90 Å². The number of hydrogen-bond donors (Lipinski definition) is 4. The number of anilines is 4. The van der Waals surface area contributed by atoms with Gasteiger partial charge in [-0.1, -0.05) is 12.1 Å². The predicted molar refractivity (Wildman–Crippen MR) is 111 cm³/mol. The van der Waals surface area contributed by atoms with Gasteiger partial charge in [-0.25, -0.2) is 19.7 Å². The van der Waals surface area contributed by atoms with Gasteiger partial charge in [0, 0.05) is 31.7 Å². The highest BCUT2D eigenvalue weighted by molar-refractivity contribution is 6.00. The van der Waals surface area contributed by atoms with Crippen LogP contribution in [0.25, 0.3) is 0 Å². The van der Waals surface area contributed by atoms with Crippen LogP contribution in [0, 0.1) is 0 Å². The molecule has 1 amide bonds. The summed E-state index contributed by atoms with van der Waals surface area (Å²) in [6, 6.07) is 9.03. The van der Waals surface area contributed by atoms with Gasteiger partial charge in [0.1, 0.15) is 5.82 Å². The summed E-state index contributed by atoms with van der Waals surface area (Å²) < 4.78 is 72.0. The lowest BCUT2D eigenvalue weighted by atomic mass is 10.1. The maximum atomic E-state index is 13.4. The first-order chi connectivity index (χ1) is 16.3. The molecule has 9 nitrogen and oxygen atoms in total. The molecule has 3 aromatic rings. The molecule has 0 saturated heterocycles. The Morgan fingerprint density at radius 2 is 1.49 bits per heavy atom. The van der Waals surface area contributed by atoms with E-state index in [9.17, 15) is 31.1 Å². The van der Waals surface area contributed by atoms with Gasteiger partial charge in [0.2, 0.25) is 5.95 Å². The highest BCUT2D eigenvalue weighted by Crippen LogP contribution is 2.37. The zero-order valence-corrected chi connectivity index (χ0v) is 17.6. The molecule has 0 atom stereocenters. The Balaban J connectivity index is 0.000000540. The molecule has 2 aromatic heterocycles. The molecule has 2 heterocycles. The fourth-order valence-electron chi connectivity index (χ4n) is 2.40. The Labute approximate surface area is 193 Å². The number of aliphatic carboxylic acids is 1. The zero-order chi connectivity index (χ0) is 26.2. The Hall–Kier alpha value is -4.43. The van der Waals surface area contributed by atoms with Crippen molar-refractivity contribution in [3.05, 3.63) is 66.1 Å². The molecule has 0 bridgehead atoms. The van der Waals surface area contributed by atoms with E-state index >= 15 is 0 Å². The second-order valence-corrected chi connectivity index (χ2v) is 6.36. The number of alkyl halides is 6. The van der Waals surface area contributed by atoms with Crippen molar-refractivity contribution in [3.8, 4) is 0 Å². The minimum absolute atomic E-state index is 0.110. The monoisotopic (exact) mass is 502 g/mol. The number of carboxylic acid groups (broad SMARTS) is 1. The first-order valence-electron chi connectivity index (χ1n) is 9.32. The molecule has 3 rings (SSSR count). The molecule has 1 aromatic carbocycles. The largest absolute Gasteiger partial charge is 0.490 e. The lowest BCUT2D eigenvalue weighted by molar-refractivity contribution is -0.192. The van der Waals surface area contributed by atoms with Crippen molar-refractivity contribution in [1.82, 2.24) is 20.3 Å². The Morgan fingerprint density at radius 3 is 2.03 bits per heavy atom. The van der Waals surface area contributed by atoms with Crippen LogP contribution < -0.4 is 16.0 Å². The first-order valence-corrected chi connectivity index (χ1v) is 9.32. The van der Waals surface area contributed by atoms with E-state index < -0.39 is 29.8 Å². The number of amides is 1. The number of carbonyl (C=O) groups is 2. The third kappa shape index (κ3) is 7.83. The number of nitrogens with zero attached hydrogens (tertiary/aromatic N) is 3. The lowest BCUT2D eigenvalue weighted by Crippen LogP contribution is -2.21.